The van der Waals surface area contributed by atoms with Crippen molar-refractivity contribution in [2.24, 2.45) is 0 Å². The first kappa shape index (κ1) is 21.7. The summed E-state index contributed by atoms with van der Waals surface area (Å²) in [6.07, 6.45) is 29.0. The van der Waals surface area contributed by atoms with E-state index in [1.807, 2.05) is 0 Å². The Hall–Kier alpha value is -0.326. The van der Waals surface area contributed by atoms with E-state index in [1.54, 1.807) is 0 Å². The van der Waals surface area contributed by atoms with Crippen molar-refractivity contribution in [1.29, 1.82) is 0 Å². The van der Waals surface area contributed by atoms with Crippen LogP contribution in [0.2, 0.25) is 0 Å². The van der Waals surface area contributed by atoms with Gasteiger partial charge in [0.15, 0.2) is 0 Å². The number of hydrogen-bond acceptors (Lipinski definition) is 0. The quantitative estimate of drug-likeness (QED) is 0.442. The largest absolute Gasteiger partial charge is 3.00 e. The van der Waals surface area contributed by atoms with Crippen molar-refractivity contribution in [3.63, 3.8) is 0 Å². The summed E-state index contributed by atoms with van der Waals surface area (Å²) in [5.41, 5.74) is 4.08. The molecule has 0 N–H and O–H groups in total. The molecule has 22 heavy (non-hydrogen) atoms. The molecule has 0 amide bonds. The molecule has 0 unspecified atom stereocenters. The van der Waals surface area contributed by atoms with Crippen LogP contribution in [0.15, 0.2) is 53.2 Å². The van der Waals surface area contributed by atoms with Crippen molar-refractivity contribution in [2.75, 3.05) is 0 Å². The minimum absolute atomic E-state index is 0. The summed E-state index contributed by atoms with van der Waals surface area (Å²) in [5.74, 6) is 0. The van der Waals surface area contributed by atoms with Crippen LogP contribution in [-0.4, -0.2) is 0 Å². The molecule has 3 aliphatic carbocycles. The second-order valence-electron chi connectivity index (χ2n) is 4.99. The van der Waals surface area contributed by atoms with Gasteiger partial charge in [0.2, 0.25) is 0 Å². The number of hydrogen-bond donors (Lipinski definition) is 0. The summed E-state index contributed by atoms with van der Waals surface area (Å²) in [6.45, 7) is 6.45. The van der Waals surface area contributed by atoms with E-state index in [-0.39, 0.29) is 36.9 Å². The summed E-state index contributed by atoms with van der Waals surface area (Å²) < 4.78 is 0. The Kier molecular flexibility index (Phi) is 14.1. The van der Waals surface area contributed by atoms with Gasteiger partial charge < -0.3 is 0 Å². The molecule has 0 aromatic heterocycles. The average molecular weight is 454 g/mol. The van der Waals surface area contributed by atoms with Crippen LogP contribution in [-0.2, 0) is 0 Å². The van der Waals surface area contributed by atoms with Gasteiger partial charge in [-0.15, -0.1) is 19.3 Å². The fourth-order valence-electron chi connectivity index (χ4n) is 2.08. The molecule has 0 atom stereocenters. The fraction of sp³-hybridized carbons (Fsp3) is 0.429. The normalized spacial score (nSPS) is 16.8. The molecule has 3 aliphatic rings. The third-order valence-electron chi connectivity index (χ3n) is 3.44. The summed E-state index contributed by atoms with van der Waals surface area (Å²) in [6, 6.07) is 0. The van der Waals surface area contributed by atoms with Gasteiger partial charge in [0.1, 0.15) is 0 Å². The molecule has 3 rings (SSSR count). The van der Waals surface area contributed by atoms with E-state index in [9.17, 15) is 0 Å². The Balaban J connectivity index is 0.000000294. The van der Waals surface area contributed by atoms with Gasteiger partial charge in [0.25, 0.3) is 0 Å². The molecule has 0 heterocycles. The second kappa shape index (κ2) is 14.3. The van der Waals surface area contributed by atoms with Crippen LogP contribution < -0.4 is 0 Å². The minimum Gasteiger partial charge on any atom is -0.270 e. The van der Waals surface area contributed by atoms with Crippen molar-refractivity contribution in [2.45, 2.75) is 59.3 Å². The maximum absolute atomic E-state index is 3.21. The Morgan fingerprint density at radius 3 is 1.00 bits per heavy atom. The minimum atomic E-state index is 0. The maximum Gasteiger partial charge on any atom is 3.00 e. The van der Waals surface area contributed by atoms with Crippen LogP contribution in [0.1, 0.15) is 59.3 Å². The smallest absolute Gasteiger partial charge is 0.270 e. The molecule has 0 saturated carbocycles. The van der Waals surface area contributed by atoms with Gasteiger partial charge in [-0.2, -0.15) is 18.2 Å². The van der Waals surface area contributed by atoms with Crippen LogP contribution in [0.4, 0.5) is 0 Å². The van der Waals surface area contributed by atoms with E-state index in [4.69, 9.17) is 0 Å². The Morgan fingerprint density at radius 1 is 0.636 bits per heavy atom. The topological polar surface area (TPSA) is 0 Å². The van der Waals surface area contributed by atoms with Gasteiger partial charge >= 0.3 is 36.9 Å². The SMILES string of the molecule is CCC1=[C-]CC=C1.CCC1=[C-]CC=C1.CCC1=[C-]CC=C1.[Lu+3]. The van der Waals surface area contributed by atoms with Gasteiger partial charge in [0, 0.05) is 0 Å². The molecule has 0 aromatic rings. The van der Waals surface area contributed by atoms with Crippen LogP contribution in [0.25, 0.3) is 0 Å². The molecule has 0 radical (unpaired) electrons. The first-order chi connectivity index (χ1) is 10.3. The van der Waals surface area contributed by atoms with Crippen LogP contribution in [0, 0.1) is 55.1 Å². The first-order valence-corrected chi connectivity index (χ1v) is 8.08. The molecular weight excluding hydrogens is 427 g/mol. The second-order valence-corrected chi connectivity index (χ2v) is 4.99. The molecule has 0 fully saturated rings. The average Bonchev–Trinajstić information content (AvgIpc) is 3.31. The number of rotatable bonds is 3. The van der Waals surface area contributed by atoms with Crippen molar-refractivity contribution < 1.29 is 36.9 Å². The predicted octanol–water partition coefficient (Wildman–Crippen LogP) is 6.26. The van der Waals surface area contributed by atoms with E-state index in [0.717, 1.165) is 38.5 Å². The Labute approximate surface area is 166 Å². The van der Waals surface area contributed by atoms with E-state index in [2.05, 4.69) is 75.5 Å². The van der Waals surface area contributed by atoms with Crippen molar-refractivity contribution in [3.8, 4) is 0 Å². The molecule has 126 valence electrons. The number of allylic oxidation sites excluding steroid dienone is 12. The molecule has 0 aromatic carbocycles. The van der Waals surface area contributed by atoms with Gasteiger partial charge in [-0.1, -0.05) is 40.0 Å². The van der Waals surface area contributed by atoms with Crippen molar-refractivity contribution in [1.82, 2.24) is 0 Å². The molecular formula is C21H27Lu. The molecule has 0 aliphatic heterocycles. The summed E-state index contributed by atoms with van der Waals surface area (Å²) in [5, 5.41) is 0. The molecule has 0 spiro atoms. The van der Waals surface area contributed by atoms with Gasteiger partial charge in [-0.3, -0.25) is 18.2 Å². The van der Waals surface area contributed by atoms with E-state index in [1.165, 1.54) is 16.7 Å². The molecule has 0 bridgehead atoms. The van der Waals surface area contributed by atoms with Crippen LogP contribution >= 0.6 is 0 Å². The van der Waals surface area contributed by atoms with Crippen molar-refractivity contribution >= 4 is 0 Å². The third kappa shape index (κ3) is 9.64. The summed E-state index contributed by atoms with van der Waals surface area (Å²) in [7, 11) is 0. The zero-order valence-corrected chi connectivity index (χ0v) is 15.6. The van der Waals surface area contributed by atoms with E-state index < -0.39 is 0 Å². The molecule has 0 nitrogen and oxygen atoms in total. The van der Waals surface area contributed by atoms with E-state index >= 15 is 0 Å². The third-order valence-corrected chi connectivity index (χ3v) is 3.44. The summed E-state index contributed by atoms with van der Waals surface area (Å²) in [4.78, 5) is 0. The zero-order chi connectivity index (χ0) is 15.3. The zero-order valence-electron chi connectivity index (χ0n) is 14.0. The monoisotopic (exact) mass is 454 g/mol. The van der Waals surface area contributed by atoms with Crippen molar-refractivity contribution in [3.05, 3.63) is 71.4 Å². The van der Waals surface area contributed by atoms with E-state index in [0.29, 0.717) is 0 Å². The summed E-state index contributed by atoms with van der Waals surface area (Å²) >= 11 is 0. The van der Waals surface area contributed by atoms with Crippen LogP contribution in [0.5, 0.6) is 0 Å². The predicted molar refractivity (Wildman–Crippen MR) is 92.4 cm³/mol. The Bertz CT molecular complexity index is 399. The van der Waals surface area contributed by atoms with Gasteiger partial charge in [-0.05, 0) is 0 Å². The van der Waals surface area contributed by atoms with Gasteiger partial charge in [0.05, 0.1) is 0 Å². The standard InChI is InChI=1S/3C7H9.Lu/c3*1-2-7-5-3-4-6-7;/h3*3,5H,2,4H2,1H3;/q3*-1;+3. The Morgan fingerprint density at radius 2 is 0.909 bits per heavy atom. The maximum atomic E-state index is 3.21. The van der Waals surface area contributed by atoms with Gasteiger partial charge in [-0.25, -0.2) is 34.9 Å². The first-order valence-electron chi connectivity index (χ1n) is 8.08. The molecule has 1 heteroatoms. The van der Waals surface area contributed by atoms with Crippen LogP contribution in [0.3, 0.4) is 0 Å². The fourth-order valence-corrected chi connectivity index (χ4v) is 2.08. The molecule has 0 saturated heterocycles.